The SMILES string of the molecule is CSC(=NCCO[Si](c1ccccc1)(c1ccccc1)C(C)(C)C)NCCO[Si](c1ccccc1)(c1ccccc1)C(C)(C)C. The molecule has 0 heterocycles. The van der Waals surface area contributed by atoms with E-state index in [4.69, 9.17) is 13.8 Å². The Bertz CT molecular complexity index is 1390. The Hall–Kier alpha value is -2.95. The lowest BCUT2D eigenvalue weighted by Crippen LogP contribution is -2.67. The smallest absolute Gasteiger partial charge is 0.261 e. The van der Waals surface area contributed by atoms with Gasteiger partial charge in [0.05, 0.1) is 19.8 Å². The first-order valence-corrected chi connectivity index (χ1v) is 20.9. The minimum Gasteiger partial charge on any atom is -0.406 e. The van der Waals surface area contributed by atoms with Crippen LogP contribution in [0.3, 0.4) is 0 Å². The number of amidine groups is 1. The Morgan fingerprint density at radius 2 is 0.911 bits per heavy atom. The summed E-state index contributed by atoms with van der Waals surface area (Å²) in [5.74, 6) is 0. The summed E-state index contributed by atoms with van der Waals surface area (Å²) < 4.78 is 14.1. The van der Waals surface area contributed by atoms with Gasteiger partial charge in [0.15, 0.2) is 5.17 Å². The Kier molecular flexibility index (Phi) is 12.1. The van der Waals surface area contributed by atoms with Crippen LogP contribution in [0.25, 0.3) is 0 Å². The lowest BCUT2D eigenvalue weighted by molar-refractivity contribution is 0.302. The second-order valence-corrected chi connectivity index (χ2v) is 22.7. The van der Waals surface area contributed by atoms with Crippen molar-refractivity contribution >= 4 is 54.3 Å². The lowest BCUT2D eigenvalue weighted by Gasteiger charge is -2.43. The summed E-state index contributed by atoms with van der Waals surface area (Å²) in [6, 6.07) is 43.2. The molecule has 238 valence electrons. The molecule has 0 spiro atoms. The Labute approximate surface area is 278 Å². The minimum absolute atomic E-state index is 0.0512. The second-order valence-electron chi connectivity index (χ2n) is 13.3. The Morgan fingerprint density at radius 3 is 1.22 bits per heavy atom. The van der Waals surface area contributed by atoms with Crippen molar-refractivity contribution in [1.82, 2.24) is 5.32 Å². The normalized spacial score (nSPS) is 13.1. The van der Waals surface area contributed by atoms with Crippen molar-refractivity contribution in [3.05, 3.63) is 121 Å². The van der Waals surface area contributed by atoms with E-state index in [0.717, 1.165) is 5.17 Å². The molecule has 0 aliphatic rings. The second kappa shape index (κ2) is 15.6. The molecule has 4 rings (SSSR count). The number of nitrogens with zero attached hydrogens (tertiary/aromatic N) is 1. The molecular formula is C38H50N2O2SSi2. The average Bonchev–Trinajstić information content (AvgIpc) is 3.04. The monoisotopic (exact) mass is 654 g/mol. The van der Waals surface area contributed by atoms with Crippen molar-refractivity contribution in [2.75, 3.05) is 32.6 Å². The molecule has 0 aromatic heterocycles. The van der Waals surface area contributed by atoms with Gasteiger partial charge in [-0.05, 0) is 37.1 Å². The maximum absolute atomic E-state index is 7.06. The van der Waals surface area contributed by atoms with Gasteiger partial charge >= 0.3 is 0 Å². The number of thioether (sulfide) groups is 1. The van der Waals surface area contributed by atoms with E-state index in [1.807, 2.05) is 0 Å². The van der Waals surface area contributed by atoms with Crippen LogP contribution in [0.4, 0.5) is 0 Å². The molecule has 0 bridgehead atoms. The van der Waals surface area contributed by atoms with Gasteiger partial charge in [-0.1, -0.05) is 175 Å². The summed E-state index contributed by atoms with van der Waals surface area (Å²) in [6.45, 7) is 16.3. The highest BCUT2D eigenvalue weighted by atomic mass is 32.2. The van der Waals surface area contributed by atoms with E-state index in [1.54, 1.807) is 11.8 Å². The molecule has 0 fully saturated rings. The molecule has 45 heavy (non-hydrogen) atoms. The van der Waals surface area contributed by atoms with Crippen molar-refractivity contribution in [3.8, 4) is 0 Å². The number of hydrogen-bond donors (Lipinski definition) is 1. The van der Waals surface area contributed by atoms with Gasteiger partial charge in [0.1, 0.15) is 0 Å². The molecule has 4 nitrogen and oxygen atoms in total. The van der Waals surface area contributed by atoms with Crippen molar-refractivity contribution in [2.24, 2.45) is 4.99 Å². The van der Waals surface area contributed by atoms with Gasteiger partial charge in [-0.2, -0.15) is 0 Å². The fraction of sp³-hybridized carbons (Fsp3) is 0.342. The predicted octanol–water partition coefficient (Wildman–Crippen LogP) is 6.45. The molecule has 1 N–H and O–H groups in total. The molecule has 4 aromatic rings. The van der Waals surface area contributed by atoms with Crippen LogP contribution in [0.1, 0.15) is 41.5 Å². The van der Waals surface area contributed by atoms with Crippen LogP contribution in [-0.4, -0.2) is 54.4 Å². The molecule has 0 aliphatic carbocycles. The third-order valence-electron chi connectivity index (χ3n) is 8.39. The van der Waals surface area contributed by atoms with Crippen LogP contribution < -0.4 is 26.1 Å². The van der Waals surface area contributed by atoms with E-state index in [0.29, 0.717) is 26.3 Å². The topological polar surface area (TPSA) is 42.8 Å². The number of benzene rings is 4. The summed E-state index contributed by atoms with van der Waals surface area (Å²) in [4.78, 5) is 4.94. The zero-order valence-corrected chi connectivity index (χ0v) is 30.9. The largest absolute Gasteiger partial charge is 0.406 e. The van der Waals surface area contributed by atoms with Crippen LogP contribution >= 0.6 is 11.8 Å². The van der Waals surface area contributed by atoms with E-state index >= 15 is 0 Å². The van der Waals surface area contributed by atoms with Gasteiger partial charge < -0.3 is 14.2 Å². The van der Waals surface area contributed by atoms with Crippen LogP contribution in [-0.2, 0) is 8.85 Å². The quantitative estimate of drug-likeness (QED) is 0.0826. The standard InChI is InChI=1S/C38H50N2O2SSi2/c1-37(2,3)44(32-20-12-8-13-21-32,33-22-14-9-15-23-33)41-30-28-39-36(43-7)40-29-31-42-45(38(4,5)6,34-24-16-10-17-25-34)35-26-18-11-19-27-35/h8-27H,28-31H2,1-7H3,(H,39,40). The maximum atomic E-state index is 7.06. The molecule has 0 saturated carbocycles. The van der Waals surface area contributed by atoms with Crippen molar-refractivity contribution in [3.63, 3.8) is 0 Å². The average molecular weight is 655 g/mol. The maximum Gasteiger partial charge on any atom is 0.261 e. The minimum atomic E-state index is -2.58. The molecule has 0 radical (unpaired) electrons. The molecule has 0 unspecified atom stereocenters. The molecular weight excluding hydrogens is 605 g/mol. The number of aliphatic imine (C=N–C) groups is 1. The molecule has 4 aromatic carbocycles. The summed E-state index contributed by atoms with van der Waals surface area (Å²) in [5.41, 5.74) is 0. The van der Waals surface area contributed by atoms with Crippen LogP contribution in [0.15, 0.2) is 126 Å². The van der Waals surface area contributed by atoms with Crippen LogP contribution in [0, 0.1) is 0 Å². The third-order valence-corrected chi connectivity index (χ3v) is 19.1. The highest BCUT2D eigenvalue weighted by Crippen LogP contribution is 2.37. The molecule has 0 aliphatic heterocycles. The van der Waals surface area contributed by atoms with Crippen molar-refractivity contribution in [2.45, 2.75) is 51.6 Å². The summed E-state index contributed by atoms with van der Waals surface area (Å²) in [6.07, 6.45) is 2.07. The summed E-state index contributed by atoms with van der Waals surface area (Å²) in [7, 11) is -5.15. The number of rotatable bonds is 12. The Morgan fingerprint density at radius 1 is 0.578 bits per heavy atom. The highest BCUT2D eigenvalue weighted by molar-refractivity contribution is 8.13. The first-order valence-electron chi connectivity index (χ1n) is 15.9. The fourth-order valence-corrected chi connectivity index (χ4v) is 16.0. The van der Waals surface area contributed by atoms with E-state index in [2.05, 4.69) is 174 Å². The van der Waals surface area contributed by atoms with Crippen LogP contribution in [0.5, 0.6) is 0 Å². The lowest BCUT2D eigenvalue weighted by atomic mass is 10.2. The van der Waals surface area contributed by atoms with Gasteiger partial charge in [0, 0.05) is 6.54 Å². The highest BCUT2D eigenvalue weighted by Gasteiger charge is 2.51. The molecule has 0 amide bonds. The van der Waals surface area contributed by atoms with Gasteiger partial charge in [-0.15, -0.1) is 0 Å². The fourth-order valence-electron chi connectivity index (χ4n) is 6.42. The van der Waals surface area contributed by atoms with E-state index < -0.39 is 16.6 Å². The van der Waals surface area contributed by atoms with E-state index in [1.165, 1.54) is 20.7 Å². The zero-order chi connectivity index (χ0) is 32.4. The molecule has 0 saturated heterocycles. The predicted molar refractivity (Wildman–Crippen MR) is 201 cm³/mol. The summed E-state index contributed by atoms with van der Waals surface area (Å²) >= 11 is 1.63. The number of hydrogen-bond acceptors (Lipinski definition) is 4. The van der Waals surface area contributed by atoms with Gasteiger partial charge in [0.25, 0.3) is 16.6 Å². The summed E-state index contributed by atoms with van der Waals surface area (Å²) in [5, 5.41) is 9.52. The Balaban J connectivity index is 1.47. The zero-order valence-electron chi connectivity index (χ0n) is 28.0. The van der Waals surface area contributed by atoms with Crippen molar-refractivity contribution in [1.29, 1.82) is 0 Å². The van der Waals surface area contributed by atoms with E-state index in [9.17, 15) is 0 Å². The number of nitrogens with one attached hydrogen (secondary N) is 1. The van der Waals surface area contributed by atoms with Gasteiger partial charge in [-0.25, -0.2) is 0 Å². The van der Waals surface area contributed by atoms with Gasteiger partial charge in [-0.3, -0.25) is 4.99 Å². The molecule has 0 atom stereocenters. The van der Waals surface area contributed by atoms with Gasteiger partial charge in [0.2, 0.25) is 0 Å². The third kappa shape index (κ3) is 7.90. The van der Waals surface area contributed by atoms with E-state index in [-0.39, 0.29) is 10.1 Å². The first kappa shape index (κ1) is 34.9. The van der Waals surface area contributed by atoms with Crippen LogP contribution in [0.2, 0.25) is 10.1 Å². The van der Waals surface area contributed by atoms with Crippen molar-refractivity contribution < 1.29 is 8.85 Å². The molecule has 7 heteroatoms. The first-order chi connectivity index (χ1) is 21.6.